The number of anilines is 1. The van der Waals surface area contributed by atoms with Crippen molar-refractivity contribution in [2.24, 2.45) is 0 Å². The van der Waals surface area contributed by atoms with Gasteiger partial charge in [0.1, 0.15) is 0 Å². The summed E-state index contributed by atoms with van der Waals surface area (Å²) in [6, 6.07) is 3.05. The summed E-state index contributed by atoms with van der Waals surface area (Å²) < 4.78 is 0.675. The van der Waals surface area contributed by atoms with Crippen LogP contribution >= 0.6 is 11.3 Å². The molecule has 5 nitrogen and oxygen atoms in total. The van der Waals surface area contributed by atoms with E-state index in [0.717, 1.165) is 11.3 Å². The van der Waals surface area contributed by atoms with E-state index in [4.69, 9.17) is 5.73 Å². The maximum atomic E-state index is 10.4. The number of fused-ring (bicyclic) bond motifs is 1. The van der Waals surface area contributed by atoms with Gasteiger partial charge in [0.05, 0.1) is 26.9 Å². The molecule has 13 heavy (non-hydrogen) atoms. The third-order valence-electron chi connectivity index (χ3n) is 1.61. The SMILES string of the molecule is Nc1ccnc2cc([N+](=O)[O-])sc12. The lowest BCUT2D eigenvalue weighted by molar-refractivity contribution is -0.380. The highest BCUT2D eigenvalue weighted by molar-refractivity contribution is 7.22. The first-order chi connectivity index (χ1) is 6.18. The molecule has 0 fully saturated rings. The molecule has 0 unspecified atom stereocenters. The van der Waals surface area contributed by atoms with Gasteiger partial charge in [0.2, 0.25) is 0 Å². The normalized spacial score (nSPS) is 10.5. The topological polar surface area (TPSA) is 82.0 Å². The van der Waals surface area contributed by atoms with Crippen molar-refractivity contribution < 1.29 is 4.92 Å². The fraction of sp³-hybridized carbons (Fsp3) is 0. The van der Waals surface area contributed by atoms with Crippen LogP contribution in [-0.4, -0.2) is 9.91 Å². The first kappa shape index (κ1) is 7.93. The molecule has 0 aliphatic rings. The molecule has 2 heterocycles. The number of thiophene rings is 1. The predicted octanol–water partition coefficient (Wildman–Crippen LogP) is 1.79. The number of nitro groups is 1. The van der Waals surface area contributed by atoms with Crippen LogP contribution in [0.2, 0.25) is 0 Å². The minimum absolute atomic E-state index is 0.0698. The summed E-state index contributed by atoms with van der Waals surface area (Å²) in [4.78, 5) is 14.0. The van der Waals surface area contributed by atoms with Crippen molar-refractivity contribution >= 4 is 32.2 Å². The lowest BCUT2D eigenvalue weighted by Crippen LogP contribution is -1.83. The van der Waals surface area contributed by atoms with Crippen LogP contribution in [-0.2, 0) is 0 Å². The Labute approximate surface area is 77.0 Å². The Balaban J connectivity index is 2.75. The standard InChI is InChI=1S/C7H5N3O2S/c8-4-1-2-9-5-3-6(10(11)12)13-7(4)5/h1-3H,(H2,8,9). The van der Waals surface area contributed by atoms with E-state index in [1.807, 2.05) is 0 Å². The Morgan fingerprint density at radius 2 is 2.38 bits per heavy atom. The Morgan fingerprint density at radius 1 is 1.62 bits per heavy atom. The van der Waals surface area contributed by atoms with Crippen LogP contribution in [0.5, 0.6) is 0 Å². The fourth-order valence-corrected chi connectivity index (χ4v) is 1.89. The molecule has 2 N–H and O–H groups in total. The third kappa shape index (κ3) is 1.20. The maximum absolute atomic E-state index is 10.4. The summed E-state index contributed by atoms with van der Waals surface area (Å²) >= 11 is 1.05. The summed E-state index contributed by atoms with van der Waals surface area (Å²) in [5.41, 5.74) is 6.73. The Hall–Kier alpha value is -1.69. The second kappa shape index (κ2) is 2.67. The van der Waals surface area contributed by atoms with Gasteiger partial charge in [-0.3, -0.25) is 15.1 Å². The molecule has 0 aromatic carbocycles. The number of aromatic nitrogens is 1. The van der Waals surface area contributed by atoms with Crippen LogP contribution in [0.25, 0.3) is 10.2 Å². The van der Waals surface area contributed by atoms with Crippen LogP contribution in [0, 0.1) is 10.1 Å². The lowest BCUT2D eigenvalue weighted by atomic mass is 10.3. The molecule has 0 atom stereocenters. The number of nitrogens with two attached hydrogens (primary N) is 1. The molecule has 0 radical (unpaired) electrons. The molecule has 2 rings (SSSR count). The van der Waals surface area contributed by atoms with Gasteiger partial charge in [-0.05, 0) is 6.07 Å². The van der Waals surface area contributed by atoms with Crippen molar-refractivity contribution in [1.82, 2.24) is 4.98 Å². The fourth-order valence-electron chi connectivity index (χ4n) is 1.04. The van der Waals surface area contributed by atoms with Crippen LogP contribution in [0.3, 0.4) is 0 Å². The summed E-state index contributed by atoms with van der Waals surface area (Å²) in [7, 11) is 0. The zero-order valence-electron chi connectivity index (χ0n) is 6.43. The van der Waals surface area contributed by atoms with Crippen LogP contribution in [0.15, 0.2) is 18.3 Å². The molecule has 66 valence electrons. The molecule has 0 spiro atoms. The largest absolute Gasteiger partial charge is 0.397 e. The molecule has 2 aromatic heterocycles. The van der Waals surface area contributed by atoms with Gasteiger partial charge in [-0.15, -0.1) is 0 Å². The zero-order chi connectivity index (χ0) is 9.42. The molecular weight excluding hydrogens is 190 g/mol. The Bertz CT molecular complexity index is 480. The minimum Gasteiger partial charge on any atom is -0.397 e. The van der Waals surface area contributed by atoms with Gasteiger partial charge >= 0.3 is 5.00 Å². The molecule has 0 aliphatic heterocycles. The van der Waals surface area contributed by atoms with Crippen LogP contribution in [0.1, 0.15) is 0 Å². The average molecular weight is 195 g/mol. The van der Waals surface area contributed by atoms with E-state index in [0.29, 0.717) is 15.9 Å². The van der Waals surface area contributed by atoms with Crippen molar-refractivity contribution in [3.63, 3.8) is 0 Å². The van der Waals surface area contributed by atoms with Crippen molar-refractivity contribution in [1.29, 1.82) is 0 Å². The molecule has 0 aliphatic carbocycles. The van der Waals surface area contributed by atoms with Crippen molar-refractivity contribution in [2.45, 2.75) is 0 Å². The van der Waals surface area contributed by atoms with Gasteiger partial charge in [0.15, 0.2) is 0 Å². The Morgan fingerprint density at radius 3 is 3.00 bits per heavy atom. The van der Waals surface area contributed by atoms with E-state index in [-0.39, 0.29) is 5.00 Å². The van der Waals surface area contributed by atoms with Gasteiger partial charge < -0.3 is 5.73 Å². The smallest absolute Gasteiger partial charge is 0.326 e. The second-order valence-corrected chi connectivity index (χ2v) is 3.49. The van der Waals surface area contributed by atoms with E-state index in [1.165, 1.54) is 12.3 Å². The second-order valence-electron chi connectivity index (χ2n) is 2.46. The summed E-state index contributed by atoms with van der Waals surface area (Å²) in [6.07, 6.45) is 1.54. The number of nitrogen functional groups attached to an aromatic ring is 1. The summed E-state index contributed by atoms with van der Waals surface area (Å²) in [5.74, 6) is 0. The van der Waals surface area contributed by atoms with Crippen molar-refractivity contribution in [2.75, 3.05) is 5.73 Å². The maximum Gasteiger partial charge on any atom is 0.326 e. The average Bonchev–Trinajstić information content (AvgIpc) is 2.49. The monoisotopic (exact) mass is 195 g/mol. The molecule has 0 bridgehead atoms. The minimum atomic E-state index is -0.439. The van der Waals surface area contributed by atoms with Gasteiger partial charge in [-0.2, -0.15) is 0 Å². The van der Waals surface area contributed by atoms with E-state index in [9.17, 15) is 10.1 Å². The number of pyridine rings is 1. The molecule has 0 amide bonds. The molecule has 2 aromatic rings. The highest BCUT2D eigenvalue weighted by atomic mass is 32.1. The molecule has 0 saturated heterocycles. The molecular formula is C7H5N3O2S. The number of nitrogens with zero attached hydrogens (tertiary/aromatic N) is 2. The van der Waals surface area contributed by atoms with Gasteiger partial charge in [-0.1, -0.05) is 11.3 Å². The van der Waals surface area contributed by atoms with Crippen molar-refractivity contribution in [3.8, 4) is 0 Å². The molecule has 6 heteroatoms. The van der Waals surface area contributed by atoms with Gasteiger partial charge in [0, 0.05) is 6.20 Å². The first-order valence-electron chi connectivity index (χ1n) is 3.47. The number of rotatable bonds is 1. The highest BCUT2D eigenvalue weighted by Gasteiger charge is 2.13. The van der Waals surface area contributed by atoms with Crippen LogP contribution in [0.4, 0.5) is 10.7 Å². The van der Waals surface area contributed by atoms with E-state index >= 15 is 0 Å². The van der Waals surface area contributed by atoms with Gasteiger partial charge in [-0.25, -0.2) is 0 Å². The van der Waals surface area contributed by atoms with Gasteiger partial charge in [0.25, 0.3) is 0 Å². The van der Waals surface area contributed by atoms with Crippen molar-refractivity contribution in [3.05, 3.63) is 28.4 Å². The Kier molecular flexibility index (Phi) is 1.63. The third-order valence-corrected chi connectivity index (χ3v) is 2.73. The van der Waals surface area contributed by atoms with Crippen LogP contribution < -0.4 is 5.73 Å². The predicted molar refractivity (Wildman–Crippen MR) is 50.7 cm³/mol. The lowest BCUT2D eigenvalue weighted by Gasteiger charge is -1.90. The van der Waals surface area contributed by atoms with E-state index < -0.39 is 4.92 Å². The quantitative estimate of drug-likeness (QED) is 0.555. The summed E-state index contributed by atoms with van der Waals surface area (Å²) in [5, 5.41) is 10.5. The van der Waals surface area contributed by atoms with E-state index in [1.54, 1.807) is 6.07 Å². The zero-order valence-corrected chi connectivity index (χ0v) is 7.25. The molecule has 0 saturated carbocycles. The highest BCUT2D eigenvalue weighted by Crippen LogP contribution is 2.33. The first-order valence-corrected chi connectivity index (χ1v) is 4.28. The number of hydrogen-bond acceptors (Lipinski definition) is 5. The summed E-state index contributed by atoms with van der Waals surface area (Å²) in [6.45, 7) is 0. The number of hydrogen-bond donors (Lipinski definition) is 1. The van der Waals surface area contributed by atoms with E-state index in [2.05, 4.69) is 4.98 Å².